The van der Waals surface area contributed by atoms with Gasteiger partial charge in [-0.3, -0.25) is 0 Å². The Hall–Kier alpha value is -3.27. The van der Waals surface area contributed by atoms with E-state index in [1.807, 2.05) is 42.5 Å². The minimum Gasteiger partial charge on any atom is -0.497 e. The lowest BCUT2D eigenvalue weighted by Crippen LogP contribution is -2.08. The molecule has 0 saturated heterocycles. The van der Waals surface area contributed by atoms with E-state index in [1.165, 1.54) is 11.1 Å². The van der Waals surface area contributed by atoms with E-state index in [1.54, 1.807) is 7.11 Å². The Morgan fingerprint density at radius 1 is 0.862 bits per heavy atom. The average molecular weight is 386 g/mol. The Labute approximate surface area is 171 Å². The molecule has 0 N–H and O–H groups in total. The molecule has 0 saturated carbocycles. The number of nitrogens with zero attached hydrogens (tertiary/aromatic N) is 2. The van der Waals surface area contributed by atoms with E-state index in [2.05, 4.69) is 48.7 Å². The summed E-state index contributed by atoms with van der Waals surface area (Å²) in [4.78, 5) is 4.82. The zero-order chi connectivity index (χ0) is 20.2. The van der Waals surface area contributed by atoms with Crippen molar-refractivity contribution in [1.82, 2.24) is 9.55 Å². The van der Waals surface area contributed by atoms with Gasteiger partial charge in [0.2, 0.25) is 0 Å². The van der Waals surface area contributed by atoms with Crippen LogP contribution in [0.15, 0.2) is 72.8 Å². The summed E-state index contributed by atoms with van der Waals surface area (Å²) in [6, 6.07) is 24.7. The van der Waals surface area contributed by atoms with Gasteiger partial charge in [-0.05, 0) is 53.4 Å². The van der Waals surface area contributed by atoms with Crippen LogP contribution in [-0.4, -0.2) is 16.7 Å². The number of imidazole rings is 1. The highest BCUT2D eigenvalue weighted by molar-refractivity contribution is 5.76. The van der Waals surface area contributed by atoms with Gasteiger partial charge in [-0.2, -0.15) is 0 Å². The fourth-order valence-corrected chi connectivity index (χ4v) is 3.42. The SMILES string of the molecule is COc1ccc(Cn2c(COc3ccc(C(C)C)cc3)nc3ccccc32)cc1. The molecule has 0 aliphatic heterocycles. The Bertz CT molecular complexity index is 1080. The van der Waals surface area contributed by atoms with E-state index in [0.717, 1.165) is 34.9 Å². The van der Waals surface area contributed by atoms with Gasteiger partial charge in [0, 0.05) is 6.54 Å². The molecular weight excluding hydrogens is 360 g/mol. The lowest BCUT2D eigenvalue weighted by molar-refractivity contribution is 0.291. The Morgan fingerprint density at radius 2 is 1.55 bits per heavy atom. The molecule has 0 amide bonds. The van der Waals surface area contributed by atoms with Crippen LogP contribution in [0.1, 0.15) is 36.7 Å². The summed E-state index contributed by atoms with van der Waals surface area (Å²) >= 11 is 0. The lowest BCUT2D eigenvalue weighted by atomic mass is 10.0. The highest BCUT2D eigenvalue weighted by Crippen LogP contribution is 2.22. The zero-order valence-corrected chi connectivity index (χ0v) is 17.1. The molecule has 4 aromatic rings. The molecule has 4 rings (SSSR count). The molecule has 148 valence electrons. The van der Waals surface area contributed by atoms with Crippen molar-refractivity contribution in [2.75, 3.05) is 7.11 Å². The third-order valence-corrected chi connectivity index (χ3v) is 5.15. The van der Waals surface area contributed by atoms with Crippen LogP contribution in [-0.2, 0) is 13.2 Å². The van der Waals surface area contributed by atoms with E-state index in [4.69, 9.17) is 14.5 Å². The number of benzene rings is 3. The predicted molar refractivity (Wildman–Crippen MR) is 117 cm³/mol. The standard InChI is InChI=1S/C25H26N2O2/c1-18(2)20-10-14-22(15-11-20)29-17-25-26-23-6-4-5-7-24(23)27(25)16-19-8-12-21(28-3)13-9-19/h4-15,18H,16-17H2,1-3H3. The summed E-state index contributed by atoms with van der Waals surface area (Å²) in [6.07, 6.45) is 0. The molecule has 3 aromatic carbocycles. The first-order valence-corrected chi connectivity index (χ1v) is 9.94. The second-order valence-electron chi connectivity index (χ2n) is 7.46. The average Bonchev–Trinajstić information content (AvgIpc) is 3.10. The Kier molecular flexibility index (Phi) is 5.52. The van der Waals surface area contributed by atoms with Crippen molar-refractivity contribution in [2.45, 2.75) is 32.9 Å². The molecule has 0 aliphatic carbocycles. The van der Waals surface area contributed by atoms with Gasteiger partial charge in [-0.25, -0.2) is 4.98 Å². The van der Waals surface area contributed by atoms with E-state index < -0.39 is 0 Å². The van der Waals surface area contributed by atoms with Crippen LogP contribution >= 0.6 is 0 Å². The van der Waals surface area contributed by atoms with Gasteiger partial charge in [-0.1, -0.05) is 50.2 Å². The maximum Gasteiger partial charge on any atom is 0.148 e. The number of methoxy groups -OCH3 is 1. The van der Waals surface area contributed by atoms with Crippen LogP contribution in [0.25, 0.3) is 11.0 Å². The third kappa shape index (κ3) is 4.27. The first kappa shape index (κ1) is 19.1. The highest BCUT2D eigenvalue weighted by atomic mass is 16.5. The minimum atomic E-state index is 0.422. The number of aromatic nitrogens is 2. The Balaban J connectivity index is 1.58. The molecule has 0 unspecified atom stereocenters. The van der Waals surface area contributed by atoms with E-state index >= 15 is 0 Å². The molecule has 29 heavy (non-hydrogen) atoms. The molecule has 0 atom stereocenters. The summed E-state index contributed by atoms with van der Waals surface area (Å²) < 4.78 is 13.6. The van der Waals surface area contributed by atoms with Crippen LogP contribution in [0.4, 0.5) is 0 Å². The van der Waals surface area contributed by atoms with Gasteiger partial charge in [0.25, 0.3) is 0 Å². The van der Waals surface area contributed by atoms with Crippen molar-refractivity contribution in [1.29, 1.82) is 0 Å². The molecule has 0 fully saturated rings. The van der Waals surface area contributed by atoms with Crippen molar-refractivity contribution < 1.29 is 9.47 Å². The topological polar surface area (TPSA) is 36.3 Å². The molecule has 0 bridgehead atoms. The molecule has 0 aliphatic rings. The van der Waals surface area contributed by atoms with Crippen molar-refractivity contribution in [3.63, 3.8) is 0 Å². The first-order chi connectivity index (χ1) is 14.1. The van der Waals surface area contributed by atoms with Gasteiger partial charge < -0.3 is 14.0 Å². The van der Waals surface area contributed by atoms with E-state index in [-0.39, 0.29) is 0 Å². The van der Waals surface area contributed by atoms with Crippen LogP contribution in [0.3, 0.4) is 0 Å². The van der Waals surface area contributed by atoms with E-state index in [0.29, 0.717) is 12.5 Å². The summed E-state index contributed by atoms with van der Waals surface area (Å²) in [6.45, 7) is 5.54. The van der Waals surface area contributed by atoms with Crippen LogP contribution in [0.5, 0.6) is 11.5 Å². The van der Waals surface area contributed by atoms with Crippen LogP contribution < -0.4 is 9.47 Å². The number of para-hydroxylation sites is 2. The predicted octanol–water partition coefficient (Wildman–Crippen LogP) is 5.80. The fourth-order valence-electron chi connectivity index (χ4n) is 3.42. The number of rotatable bonds is 7. The second kappa shape index (κ2) is 8.39. The van der Waals surface area contributed by atoms with Crippen molar-refractivity contribution in [2.24, 2.45) is 0 Å². The van der Waals surface area contributed by atoms with Gasteiger partial charge in [0.15, 0.2) is 0 Å². The number of ether oxygens (including phenoxy) is 2. The maximum absolute atomic E-state index is 6.07. The summed E-state index contributed by atoms with van der Waals surface area (Å²) in [5.41, 5.74) is 4.59. The summed E-state index contributed by atoms with van der Waals surface area (Å²) in [5.74, 6) is 3.14. The maximum atomic E-state index is 6.07. The first-order valence-electron chi connectivity index (χ1n) is 9.94. The van der Waals surface area contributed by atoms with E-state index in [9.17, 15) is 0 Å². The number of hydrogen-bond acceptors (Lipinski definition) is 3. The molecule has 4 nitrogen and oxygen atoms in total. The van der Waals surface area contributed by atoms with Gasteiger partial charge in [-0.15, -0.1) is 0 Å². The summed E-state index contributed by atoms with van der Waals surface area (Å²) in [5, 5.41) is 0. The van der Waals surface area contributed by atoms with Gasteiger partial charge >= 0.3 is 0 Å². The molecular formula is C25H26N2O2. The molecule has 4 heteroatoms. The molecule has 1 aromatic heterocycles. The largest absolute Gasteiger partial charge is 0.497 e. The molecule has 0 spiro atoms. The second-order valence-corrected chi connectivity index (χ2v) is 7.46. The van der Waals surface area contributed by atoms with Gasteiger partial charge in [0.1, 0.15) is 23.9 Å². The van der Waals surface area contributed by atoms with Crippen molar-refractivity contribution in [3.8, 4) is 11.5 Å². The smallest absolute Gasteiger partial charge is 0.148 e. The monoisotopic (exact) mass is 386 g/mol. The quantitative estimate of drug-likeness (QED) is 0.403. The molecule has 0 radical (unpaired) electrons. The number of hydrogen-bond donors (Lipinski definition) is 0. The fraction of sp³-hybridized carbons (Fsp3) is 0.240. The Morgan fingerprint density at radius 3 is 2.24 bits per heavy atom. The lowest BCUT2D eigenvalue weighted by Gasteiger charge is -2.12. The highest BCUT2D eigenvalue weighted by Gasteiger charge is 2.12. The van der Waals surface area contributed by atoms with Crippen molar-refractivity contribution in [3.05, 3.63) is 89.7 Å². The van der Waals surface area contributed by atoms with Crippen LogP contribution in [0, 0.1) is 0 Å². The normalized spacial score (nSPS) is 11.2. The molecule has 1 heterocycles. The van der Waals surface area contributed by atoms with Crippen molar-refractivity contribution >= 4 is 11.0 Å². The third-order valence-electron chi connectivity index (χ3n) is 5.15. The van der Waals surface area contributed by atoms with Gasteiger partial charge in [0.05, 0.1) is 18.1 Å². The number of fused-ring (bicyclic) bond motifs is 1. The zero-order valence-electron chi connectivity index (χ0n) is 17.1. The van der Waals surface area contributed by atoms with Crippen LogP contribution in [0.2, 0.25) is 0 Å². The summed E-state index contributed by atoms with van der Waals surface area (Å²) in [7, 11) is 1.68. The minimum absolute atomic E-state index is 0.422.